The molecule has 2 heteroatoms. The number of hydrogen-bond acceptors (Lipinski definition) is 1. The molecule has 0 N–H and O–H groups in total. The van der Waals surface area contributed by atoms with E-state index in [1.54, 1.807) is 0 Å². The van der Waals surface area contributed by atoms with E-state index in [1.807, 2.05) is 0 Å². The monoisotopic (exact) mass is 183 g/mol. The number of allylic oxidation sites excluding steroid dienone is 1. The summed E-state index contributed by atoms with van der Waals surface area (Å²) in [6.07, 6.45) is 3.67. The van der Waals surface area contributed by atoms with Crippen molar-refractivity contribution in [2.75, 3.05) is 19.3 Å². The molecule has 0 radical (unpaired) electrons. The molecule has 0 spiro atoms. The zero-order valence-electron chi connectivity index (χ0n) is 8.64. The minimum Gasteiger partial charge on any atom is -0.303 e. The van der Waals surface area contributed by atoms with Gasteiger partial charge in [0.1, 0.15) is 0 Å². The number of rotatable bonds is 5. The van der Waals surface area contributed by atoms with Crippen LogP contribution in [0.15, 0.2) is 11.8 Å². The molecule has 0 aromatic carbocycles. The van der Waals surface area contributed by atoms with E-state index in [1.165, 1.54) is 31.3 Å². The van der Waals surface area contributed by atoms with Crippen molar-refractivity contribution < 1.29 is 0 Å². The van der Waals surface area contributed by atoms with Crippen molar-refractivity contribution in [2.24, 2.45) is 0 Å². The molecule has 1 fully saturated rings. The van der Waals surface area contributed by atoms with Crippen molar-refractivity contribution in [3.63, 3.8) is 0 Å². The predicted octanol–water partition coefficient (Wildman–Crippen LogP) is 2.45. The molecule has 0 aromatic heterocycles. The highest BCUT2D eigenvalue weighted by molar-refractivity contribution is 6.84. The van der Waals surface area contributed by atoms with Crippen LogP contribution in [0.25, 0.3) is 0 Å². The summed E-state index contributed by atoms with van der Waals surface area (Å²) in [4.78, 5) is 2.58. The molecular weight excluding hydrogens is 162 g/mol. The first-order valence-electron chi connectivity index (χ1n) is 5.12. The molecule has 1 nitrogen and oxygen atoms in total. The summed E-state index contributed by atoms with van der Waals surface area (Å²) in [5, 5.41) is 0. The van der Waals surface area contributed by atoms with Gasteiger partial charge in [0.05, 0.1) is 8.07 Å². The van der Waals surface area contributed by atoms with Crippen molar-refractivity contribution >= 4 is 8.07 Å². The van der Waals surface area contributed by atoms with Gasteiger partial charge in [-0.15, -0.1) is 0 Å². The summed E-state index contributed by atoms with van der Waals surface area (Å²) in [5.74, 6) is 0. The lowest BCUT2D eigenvalue weighted by atomic mass is 10.8. The van der Waals surface area contributed by atoms with Crippen LogP contribution >= 0.6 is 0 Å². The Kier molecular flexibility index (Phi) is 3.53. The molecular formula is C10H21NSi. The van der Waals surface area contributed by atoms with Crippen LogP contribution in [0, 0.1) is 0 Å². The SMILES string of the molecule is CC=C[Si](CC)(CC)CN1CC1. The van der Waals surface area contributed by atoms with Crippen LogP contribution in [0.3, 0.4) is 0 Å². The lowest BCUT2D eigenvalue weighted by Crippen LogP contribution is -2.39. The molecule has 0 unspecified atom stereocenters. The van der Waals surface area contributed by atoms with Crippen LogP contribution in [0.2, 0.25) is 12.1 Å². The number of nitrogens with zero attached hydrogens (tertiary/aromatic N) is 1. The van der Waals surface area contributed by atoms with Crippen molar-refractivity contribution in [3.8, 4) is 0 Å². The topological polar surface area (TPSA) is 3.01 Å². The summed E-state index contributed by atoms with van der Waals surface area (Å²) < 4.78 is 0. The molecule has 1 heterocycles. The first-order chi connectivity index (χ1) is 5.76. The minimum atomic E-state index is -0.999. The standard InChI is InChI=1S/C10H21NSi/c1-4-9-12(5-2,6-3)10-11-7-8-11/h4,9H,5-8,10H2,1-3H3. The average Bonchev–Trinajstić information content (AvgIpc) is 2.87. The van der Waals surface area contributed by atoms with Gasteiger partial charge >= 0.3 is 0 Å². The molecule has 1 rings (SSSR count). The molecule has 0 saturated carbocycles. The third-order valence-electron chi connectivity index (χ3n) is 3.01. The highest BCUT2D eigenvalue weighted by Crippen LogP contribution is 2.21. The molecule has 1 saturated heterocycles. The molecule has 0 amide bonds. The lowest BCUT2D eigenvalue weighted by Gasteiger charge is -2.25. The number of hydrogen-bond donors (Lipinski definition) is 0. The van der Waals surface area contributed by atoms with Gasteiger partial charge < -0.3 is 4.90 Å². The third-order valence-corrected chi connectivity index (χ3v) is 7.94. The fourth-order valence-corrected chi connectivity index (χ4v) is 5.23. The second kappa shape index (κ2) is 4.24. The van der Waals surface area contributed by atoms with Gasteiger partial charge in [-0.05, 0) is 13.1 Å². The maximum Gasteiger partial charge on any atom is 0.0912 e. The summed E-state index contributed by atoms with van der Waals surface area (Å²) in [7, 11) is -0.999. The maximum atomic E-state index is 2.58. The van der Waals surface area contributed by atoms with Crippen molar-refractivity contribution in [3.05, 3.63) is 11.8 Å². The lowest BCUT2D eigenvalue weighted by molar-refractivity contribution is 0.645. The summed E-state index contributed by atoms with van der Waals surface area (Å²) >= 11 is 0. The van der Waals surface area contributed by atoms with E-state index >= 15 is 0 Å². The Bertz CT molecular complexity index is 157. The average molecular weight is 183 g/mol. The van der Waals surface area contributed by atoms with E-state index < -0.39 is 8.07 Å². The smallest absolute Gasteiger partial charge is 0.0912 e. The first kappa shape index (κ1) is 10.0. The quantitative estimate of drug-likeness (QED) is 0.467. The molecule has 0 atom stereocenters. The van der Waals surface area contributed by atoms with Crippen LogP contribution in [-0.2, 0) is 0 Å². The van der Waals surface area contributed by atoms with Gasteiger partial charge in [0.2, 0.25) is 0 Å². The van der Waals surface area contributed by atoms with E-state index in [0.29, 0.717) is 0 Å². The van der Waals surface area contributed by atoms with E-state index in [0.717, 1.165) is 0 Å². The Morgan fingerprint density at radius 1 is 1.25 bits per heavy atom. The van der Waals surface area contributed by atoms with Crippen LogP contribution in [0.5, 0.6) is 0 Å². The third kappa shape index (κ3) is 2.46. The van der Waals surface area contributed by atoms with Gasteiger partial charge in [-0.3, -0.25) is 0 Å². The normalized spacial score (nSPS) is 18.9. The molecule has 1 aliphatic rings. The van der Waals surface area contributed by atoms with E-state index in [4.69, 9.17) is 0 Å². The van der Waals surface area contributed by atoms with Gasteiger partial charge in [0, 0.05) is 13.1 Å². The van der Waals surface area contributed by atoms with Gasteiger partial charge in [-0.1, -0.05) is 37.7 Å². The second-order valence-corrected chi connectivity index (χ2v) is 8.63. The van der Waals surface area contributed by atoms with E-state index in [2.05, 4.69) is 37.4 Å². The maximum absolute atomic E-state index is 2.58. The summed E-state index contributed by atoms with van der Waals surface area (Å²) in [6.45, 7) is 9.59. The van der Waals surface area contributed by atoms with Crippen molar-refractivity contribution in [1.82, 2.24) is 4.90 Å². The predicted molar refractivity (Wildman–Crippen MR) is 58.0 cm³/mol. The largest absolute Gasteiger partial charge is 0.303 e. The Morgan fingerprint density at radius 2 is 1.83 bits per heavy atom. The fraction of sp³-hybridized carbons (Fsp3) is 0.800. The second-order valence-electron chi connectivity index (χ2n) is 3.85. The Balaban J connectivity index is 2.53. The molecule has 0 bridgehead atoms. The van der Waals surface area contributed by atoms with E-state index in [-0.39, 0.29) is 0 Å². The molecule has 1 aliphatic heterocycles. The zero-order valence-corrected chi connectivity index (χ0v) is 9.64. The fourth-order valence-electron chi connectivity index (χ4n) is 1.79. The Morgan fingerprint density at radius 3 is 2.17 bits per heavy atom. The molecule has 0 aromatic rings. The molecule has 70 valence electrons. The highest BCUT2D eigenvalue weighted by Gasteiger charge is 2.32. The van der Waals surface area contributed by atoms with Gasteiger partial charge in [0.15, 0.2) is 0 Å². The zero-order chi connectivity index (χ0) is 9.03. The van der Waals surface area contributed by atoms with Crippen LogP contribution in [0.4, 0.5) is 0 Å². The molecule has 12 heavy (non-hydrogen) atoms. The van der Waals surface area contributed by atoms with Gasteiger partial charge in [-0.2, -0.15) is 0 Å². The van der Waals surface area contributed by atoms with Crippen molar-refractivity contribution in [1.29, 1.82) is 0 Å². The van der Waals surface area contributed by atoms with Gasteiger partial charge in [0.25, 0.3) is 0 Å². The van der Waals surface area contributed by atoms with Crippen LogP contribution in [0.1, 0.15) is 20.8 Å². The Hall–Kier alpha value is -0.0831. The van der Waals surface area contributed by atoms with Gasteiger partial charge in [-0.25, -0.2) is 0 Å². The Labute approximate surface area is 77.5 Å². The minimum absolute atomic E-state index is 0.999. The van der Waals surface area contributed by atoms with Crippen molar-refractivity contribution in [2.45, 2.75) is 32.9 Å². The summed E-state index contributed by atoms with van der Waals surface area (Å²) in [5.41, 5.74) is 2.53. The van der Waals surface area contributed by atoms with Crippen LogP contribution in [-0.4, -0.2) is 32.2 Å². The highest BCUT2D eigenvalue weighted by atomic mass is 28.3. The van der Waals surface area contributed by atoms with E-state index in [9.17, 15) is 0 Å². The van der Waals surface area contributed by atoms with Crippen LogP contribution < -0.4 is 0 Å². The first-order valence-corrected chi connectivity index (χ1v) is 7.82. The molecule has 0 aliphatic carbocycles. The summed E-state index contributed by atoms with van der Waals surface area (Å²) in [6, 6.07) is 2.81.